The summed E-state index contributed by atoms with van der Waals surface area (Å²) >= 11 is 3.43. The van der Waals surface area contributed by atoms with Gasteiger partial charge < -0.3 is 35.7 Å². The Balaban J connectivity index is 1.66. The summed E-state index contributed by atoms with van der Waals surface area (Å²) < 4.78 is 19.4. The maximum atomic E-state index is 14.0. The van der Waals surface area contributed by atoms with E-state index in [9.17, 15) is 24.3 Å². The largest absolute Gasteiger partial charge is 0.439 e. The molecule has 284 valence electrons. The Kier molecular flexibility index (Phi) is 14.6. The number of carbonyl (C=O) groups excluding carboxylic acids is 4. The molecule has 0 unspecified atom stereocenters. The molecule has 0 fully saturated rings. The summed E-state index contributed by atoms with van der Waals surface area (Å²) in [7, 11) is 2.92. The number of primary amides is 1. The van der Waals surface area contributed by atoms with E-state index < -0.39 is 53.9 Å². The molecule has 0 radical (unpaired) electrons. The van der Waals surface area contributed by atoms with Crippen LogP contribution in [-0.2, 0) is 41.7 Å². The molecule has 1 aliphatic carbocycles. The number of allylic oxidation sites excluding steroid dienone is 4. The van der Waals surface area contributed by atoms with E-state index in [1.165, 1.54) is 20.3 Å². The second kappa shape index (κ2) is 18.9. The van der Waals surface area contributed by atoms with E-state index in [1.54, 1.807) is 49.9 Å². The number of aliphatic hydroxyl groups is 1. The highest BCUT2D eigenvalue weighted by Crippen LogP contribution is 2.29. The van der Waals surface area contributed by atoms with Gasteiger partial charge in [-0.05, 0) is 55.9 Å². The molecule has 14 nitrogen and oxygen atoms in total. The Morgan fingerprint density at radius 1 is 1.13 bits per heavy atom. The number of amides is 2. The van der Waals surface area contributed by atoms with Crippen molar-refractivity contribution in [1.29, 1.82) is 0 Å². The molecular weight excluding hydrogens is 748 g/mol. The van der Waals surface area contributed by atoms with Gasteiger partial charge in [0.05, 0.1) is 42.9 Å². The van der Waals surface area contributed by atoms with Gasteiger partial charge in [-0.1, -0.05) is 71.4 Å². The summed E-state index contributed by atoms with van der Waals surface area (Å²) in [6.07, 6.45) is 5.29. The van der Waals surface area contributed by atoms with E-state index in [-0.39, 0.29) is 41.4 Å². The molecule has 2 aromatic rings. The molecule has 2 bridgehead atoms. The molecule has 2 aliphatic rings. The van der Waals surface area contributed by atoms with Crippen molar-refractivity contribution in [2.45, 2.75) is 78.0 Å². The minimum atomic E-state index is -1.01. The van der Waals surface area contributed by atoms with Gasteiger partial charge in [0.1, 0.15) is 11.8 Å². The van der Waals surface area contributed by atoms with Gasteiger partial charge >= 0.3 is 6.09 Å². The number of hydrogen-bond donors (Lipinski definition) is 4. The fourth-order valence-electron chi connectivity index (χ4n) is 6.23. The molecule has 53 heavy (non-hydrogen) atoms. The molecule has 1 aromatic heterocycles. The van der Waals surface area contributed by atoms with Gasteiger partial charge in [-0.2, -0.15) is 0 Å². The number of nitrogens with two attached hydrogens (primary N) is 1. The van der Waals surface area contributed by atoms with E-state index in [0.29, 0.717) is 24.2 Å². The van der Waals surface area contributed by atoms with Crippen LogP contribution in [0.1, 0.15) is 51.8 Å². The lowest BCUT2D eigenvalue weighted by Crippen LogP contribution is -2.37. The Morgan fingerprint density at radius 3 is 2.51 bits per heavy atom. The van der Waals surface area contributed by atoms with E-state index in [2.05, 4.69) is 36.9 Å². The van der Waals surface area contributed by atoms with E-state index in [1.807, 2.05) is 31.2 Å². The zero-order valence-electron chi connectivity index (χ0n) is 30.7. The number of hydrogen-bond acceptors (Lipinski definition) is 11. The number of benzene rings is 1. The Hall–Kier alpha value is -4.70. The Morgan fingerprint density at radius 2 is 1.85 bits per heavy atom. The first kappa shape index (κ1) is 41.1. The Labute approximate surface area is 317 Å². The zero-order chi connectivity index (χ0) is 38.8. The Bertz CT molecular complexity index is 1830. The summed E-state index contributed by atoms with van der Waals surface area (Å²) in [5, 5.41) is 25.6. The SMILES string of the molecule is CO[C@H]1/C=C\C=C(/C)C(=O)NC2=CC(=O)C(NCc3cn(Cc4ccc(Br)cc4)nn3)=C(C[C@@H](C)C[C@H](OC)[C@H](O)[C@@H](C)/C=C(\C)[C@@H]1OC(N)=O)C2=O. The lowest BCUT2D eigenvalue weighted by Gasteiger charge is -2.30. The normalized spacial score (nSPS) is 27.5. The summed E-state index contributed by atoms with van der Waals surface area (Å²) in [6, 6.07) is 7.83. The van der Waals surface area contributed by atoms with Crippen molar-refractivity contribution in [2.75, 3.05) is 14.2 Å². The van der Waals surface area contributed by atoms with Gasteiger partial charge in [0.25, 0.3) is 5.91 Å². The quantitative estimate of drug-likeness (QED) is 0.223. The van der Waals surface area contributed by atoms with E-state index in [4.69, 9.17) is 19.9 Å². The van der Waals surface area contributed by atoms with Crippen LogP contribution in [0.5, 0.6) is 0 Å². The van der Waals surface area contributed by atoms with Gasteiger partial charge in [0.15, 0.2) is 6.10 Å². The average molecular weight is 796 g/mol. The molecule has 1 aliphatic heterocycles. The van der Waals surface area contributed by atoms with E-state index in [0.717, 1.165) is 16.1 Å². The lowest BCUT2D eigenvalue weighted by molar-refractivity contribution is -0.120. The molecule has 1 aromatic carbocycles. The van der Waals surface area contributed by atoms with Crippen LogP contribution in [0, 0.1) is 11.8 Å². The van der Waals surface area contributed by atoms with Crippen LogP contribution in [0.2, 0.25) is 0 Å². The number of aromatic nitrogens is 3. The minimum Gasteiger partial charge on any atom is -0.439 e. The molecular formula is C38H47BrN6O8. The highest BCUT2D eigenvalue weighted by molar-refractivity contribution is 9.10. The lowest BCUT2D eigenvalue weighted by atomic mass is 9.85. The van der Waals surface area contributed by atoms with Crippen LogP contribution in [0.3, 0.4) is 0 Å². The molecule has 0 saturated carbocycles. The first-order valence-corrected chi connectivity index (χ1v) is 18.0. The van der Waals surface area contributed by atoms with E-state index >= 15 is 0 Å². The second-order valence-electron chi connectivity index (χ2n) is 13.3. The highest BCUT2D eigenvalue weighted by atomic mass is 79.9. The summed E-state index contributed by atoms with van der Waals surface area (Å²) in [6.45, 7) is 7.58. The van der Waals surface area contributed by atoms with Gasteiger partial charge in [-0.25, -0.2) is 9.48 Å². The second-order valence-corrected chi connectivity index (χ2v) is 14.2. The maximum Gasteiger partial charge on any atom is 0.405 e. The predicted octanol–water partition coefficient (Wildman–Crippen LogP) is 3.95. The van der Waals surface area contributed by atoms with Gasteiger partial charge in [0, 0.05) is 41.8 Å². The predicted molar refractivity (Wildman–Crippen MR) is 200 cm³/mol. The van der Waals surface area contributed by atoms with Crippen LogP contribution in [0.15, 0.2) is 93.4 Å². The van der Waals surface area contributed by atoms with Crippen molar-refractivity contribution in [3.63, 3.8) is 0 Å². The third-order valence-electron chi connectivity index (χ3n) is 9.08. The number of nitrogens with one attached hydrogen (secondary N) is 2. The number of Topliss-reactive ketones (excluding diaryl/α,β-unsaturated/α-hetero) is 1. The van der Waals surface area contributed by atoms with Crippen LogP contribution in [0.4, 0.5) is 4.79 Å². The van der Waals surface area contributed by atoms with Crippen LogP contribution < -0.4 is 16.4 Å². The van der Waals surface area contributed by atoms with Crippen LogP contribution in [-0.4, -0.2) is 82.3 Å². The third kappa shape index (κ3) is 11.2. The fraction of sp³-hybridized carbons (Fsp3) is 0.421. The number of rotatable bonds is 8. The van der Waals surface area contributed by atoms with Crippen LogP contribution in [0.25, 0.3) is 0 Å². The fourth-order valence-corrected chi connectivity index (χ4v) is 6.50. The molecule has 2 heterocycles. The third-order valence-corrected chi connectivity index (χ3v) is 9.61. The number of ether oxygens (including phenoxy) is 3. The average Bonchev–Trinajstić information content (AvgIpc) is 3.56. The number of halogens is 1. The molecule has 0 saturated heterocycles. The van der Waals surface area contributed by atoms with Crippen molar-refractivity contribution in [3.05, 3.63) is 105 Å². The van der Waals surface area contributed by atoms with Gasteiger partial charge in [-0.15, -0.1) is 5.10 Å². The molecule has 15 heteroatoms. The number of methoxy groups -OCH3 is 2. The van der Waals surface area contributed by atoms with Crippen molar-refractivity contribution in [2.24, 2.45) is 17.6 Å². The number of nitrogens with zero attached hydrogens (tertiary/aromatic N) is 3. The summed E-state index contributed by atoms with van der Waals surface area (Å²) in [4.78, 5) is 52.7. The zero-order valence-corrected chi connectivity index (χ0v) is 32.3. The van der Waals surface area contributed by atoms with Gasteiger partial charge in [-0.3, -0.25) is 14.4 Å². The number of ketones is 2. The topological polar surface area (TPSA) is 197 Å². The molecule has 4 rings (SSSR count). The molecule has 2 amide bonds. The van der Waals surface area contributed by atoms with Crippen LogP contribution >= 0.6 is 15.9 Å². The van der Waals surface area contributed by atoms with Crippen molar-refractivity contribution >= 4 is 39.5 Å². The van der Waals surface area contributed by atoms with Crippen molar-refractivity contribution in [3.8, 4) is 0 Å². The molecule has 5 N–H and O–H groups in total. The summed E-state index contributed by atoms with van der Waals surface area (Å²) in [5.74, 6) is -2.34. The number of fused-ring (bicyclic) bond motifs is 2. The maximum absolute atomic E-state index is 14.0. The number of carbonyl (C=O) groups is 4. The first-order valence-electron chi connectivity index (χ1n) is 17.2. The van der Waals surface area contributed by atoms with Crippen molar-refractivity contribution in [1.82, 2.24) is 25.6 Å². The van der Waals surface area contributed by atoms with Gasteiger partial charge in [0.2, 0.25) is 11.6 Å². The molecule has 6 atom stereocenters. The number of aliphatic hydroxyl groups excluding tert-OH is 1. The monoisotopic (exact) mass is 794 g/mol. The summed E-state index contributed by atoms with van der Waals surface area (Å²) in [5.41, 5.74) is 7.88. The molecule has 0 spiro atoms. The highest BCUT2D eigenvalue weighted by Gasteiger charge is 2.33. The standard InChI is InChI=1S/C38H47BrN6O8/c1-21-14-28-33(41-18-27-20-45(44-43-27)19-25-10-12-26(39)13-11-25)30(46)17-29(35(28)48)42-37(49)22(2)8-7-9-31(51-5)36(53-38(40)50)24(4)16-23(3)34(47)32(15-21)52-6/h7-13,16-17,20-21,23,31-32,34,36,41,47H,14-15,18-19H2,1-6H3,(H2,40,50)(H,42,49)/b9-7-,22-8+,24-16+/t21-,23+,31+,32+,34-,36+/m1/s1. The first-order chi connectivity index (χ1) is 25.2. The smallest absolute Gasteiger partial charge is 0.405 e. The minimum absolute atomic E-state index is 0.0935. The van der Waals surface area contributed by atoms with Crippen molar-refractivity contribution < 1.29 is 38.5 Å².